The second-order valence-corrected chi connectivity index (χ2v) is 7.66. The summed E-state index contributed by atoms with van der Waals surface area (Å²) in [6.07, 6.45) is 3.51. The van der Waals surface area contributed by atoms with Crippen molar-refractivity contribution in [1.29, 1.82) is 0 Å². The average Bonchev–Trinajstić information content (AvgIpc) is 3.25. The number of hydrogen-bond donors (Lipinski definition) is 1. The number of carbonyl (C=O) groups is 1. The number of para-hydroxylation sites is 2. The number of aromatic nitrogens is 3. The van der Waals surface area contributed by atoms with E-state index in [-0.39, 0.29) is 17.6 Å². The molecule has 0 saturated carbocycles. The molecular weight excluding hydrogens is 348 g/mol. The molecule has 1 aliphatic rings. The van der Waals surface area contributed by atoms with Crippen LogP contribution >= 0.6 is 11.3 Å². The first-order chi connectivity index (χ1) is 12.7. The topological polar surface area (TPSA) is 71.0 Å². The summed E-state index contributed by atoms with van der Waals surface area (Å²) in [6, 6.07) is 7.87. The summed E-state index contributed by atoms with van der Waals surface area (Å²) in [5.41, 5.74) is 2.29. The predicted molar refractivity (Wildman–Crippen MR) is 103 cm³/mol. The van der Waals surface area contributed by atoms with Crippen LogP contribution in [0.3, 0.4) is 0 Å². The summed E-state index contributed by atoms with van der Waals surface area (Å²) in [5, 5.41) is 2.89. The Hall–Kier alpha value is -2.41. The van der Waals surface area contributed by atoms with Crippen LogP contribution < -0.4 is 5.69 Å². The van der Waals surface area contributed by atoms with Gasteiger partial charge >= 0.3 is 5.69 Å². The fourth-order valence-electron chi connectivity index (χ4n) is 3.66. The van der Waals surface area contributed by atoms with Crippen molar-refractivity contribution in [3.05, 3.63) is 50.8 Å². The molecular formula is C19H22N4O2S. The Labute approximate surface area is 155 Å². The molecule has 0 spiro atoms. The van der Waals surface area contributed by atoms with Gasteiger partial charge in [-0.1, -0.05) is 19.1 Å². The van der Waals surface area contributed by atoms with Gasteiger partial charge in [-0.15, -0.1) is 11.3 Å². The van der Waals surface area contributed by atoms with E-state index >= 15 is 0 Å². The van der Waals surface area contributed by atoms with E-state index in [0.29, 0.717) is 18.8 Å². The number of aromatic amines is 1. The van der Waals surface area contributed by atoms with E-state index in [1.54, 1.807) is 11.3 Å². The Morgan fingerprint density at radius 2 is 2.08 bits per heavy atom. The number of H-pyrrole nitrogens is 1. The van der Waals surface area contributed by atoms with Crippen LogP contribution in [0.1, 0.15) is 47.7 Å². The number of benzene rings is 1. The van der Waals surface area contributed by atoms with E-state index in [1.807, 2.05) is 39.1 Å². The van der Waals surface area contributed by atoms with Crippen molar-refractivity contribution in [3.63, 3.8) is 0 Å². The molecule has 136 valence electrons. The lowest BCUT2D eigenvalue weighted by Gasteiger charge is -2.32. The number of amides is 1. The molecule has 3 heterocycles. The molecule has 1 N–H and O–H groups in total. The van der Waals surface area contributed by atoms with Crippen LogP contribution in [-0.2, 0) is 6.42 Å². The van der Waals surface area contributed by atoms with E-state index in [9.17, 15) is 9.59 Å². The highest BCUT2D eigenvalue weighted by atomic mass is 32.1. The number of thiazole rings is 1. The molecule has 0 radical (unpaired) electrons. The number of rotatable bonds is 4. The molecule has 1 saturated heterocycles. The molecule has 0 unspecified atom stereocenters. The van der Waals surface area contributed by atoms with Crippen molar-refractivity contribution in [2.75, 3.05) is 13.1 Å². The van der Waals surface area contributed by atoms with Crippen LogP contribution in [-0.4, -0.2) is 38.4 Å². The highest BCUT2D eigenvalue weighted by molar-refractivity contribution is 7.09. The second kappa shape index (κ2) is 7.07. The third kappa shape index (κ3) is 3.07. The van der Waals surface area contributed by atoms with Gasteiger partial charge in [0.05, 0.1) is 16.0 Å². The fraction of sp³-hybridized carbons (Fsp3) is 0.421. The Bertz CT molecular complexity index is 979. The Balaban J connectivity index is 1.47. The minimum absolute atomic E-state index is 0.00771. The Morgan fingerprint density at radius 3 is 2.85 bits per heavy atom. The lowest BCUT2D eigenvalue weighted by Crippen LogP contribution is -2.40. The van der Waals surface area contributed by atoms with Crippen LogP contribution in [0.2, 0.25) is 0 Å². The zero-order valence-corrected chi connectivity index (χ0v) is 15.6. The van der Waals surface area contributed by atoms with Crippen LogP contribution in [0.15, 0.2) is 34.4 Å². The number of likely N-dealkylation sites (tertiary alicyclic amines) is 1. The van der Waals surface area contributed by atoms with Crippen LogP contribution in [0.25, 0.3) is 11.0 Å². The SMILES string of the molecule is CCCc1nc(C(=O)N2CCC(n3c(=O)[nH]c4ccccc43)CC2)cs1. The van der Waals surface area contributed by atoms with Gasteiger partial charge in [0.25, 0.3) is 5.91 Å². The third-order valence-electron chi connectivity index (χ3n) is 4.98. The normalized spacial score (nSPS) is 15.7. The number of nitrogens with zero attached hydrogens (tertiary/aromatic N) is 3. The molecule has 2 aromatic heterocycles. The number of carbonyl (C=O) groups excluding carboxylic acids is 1. The Kier molecular flexibility index (Phi) is 4.63. The monoisotopic (exact) mass is 370 g/mol. The number of hydrogen-bond acceptors (Lipinski definition) is 4. The van der Waals surface area contributed by atoms with Crippen LogP contribution in [0.4, 0.5) is 0 Å². The van der Waals surface area contributed by atoms with E-state index in [1.165, 1.54) is 0 Å². The van der Waals surface area contributed by atoms with Gasteiger partial charge in [-0.25, -0.2) is 9.78 Å². The minimum Gasteiger partial charge on any atom is -0.337 e. The first-order valence-corrected chi connectivity index (χ1v) is 9.98. The maximum absolute atomic E-state index is 12.7. The summed E-state index contributed by atoms with van der Waals surface area (Å²) >= 11 is 1.56. The van der Waals surface area contributed by atoms with Gasteiger partial charge in [-0.3, -0.25) is 9.36 Å². The van der Waals surface area contributed by atoms with Gasteiger partial charge in [-0.2, -0.15) is 0 Å². The number of nitrogens with one attached hydrogen (secondary N) is 1. The maximum Gasteiger partial charge on any atom is 0.326 e. The van der Waals surface area contributed by atoms with Gasteiger partial charge < -0.3 is 9.88 Å². The molecule has 4 rings (SSSR count). The molecule has 0 bridgehead atoms. The van der Waals surface area contributed by atoms with Crippen molar-refractivity contribution in [1.82, 2.24) is 19.4 Å². The predicted octanol–water partition coefficient (Wildman–Crippen LogP) is 3.22. The lowest BCUT2D eigenvalue weighted by atomic mass is 10.0. The summed E-state index contributed by atoms with van der Waals surface area (Å²) in [7, 11) is 0. The minimum atomic E-state index is -0.0697. The summed E-state index contributed by atoms with van der Waals surface area (Å²) in [5.74, 6) is 0.00771. The van der Waals surface area contributed by atoms with E-state index in [4.69, 9.17) is 0 Å². The van der Waals surface area contributed by atoms with Crippen LogP contribution in [0, 0.1) is 0 Å². The summed E-state index contributed by atoms with van der Waals surface area (Å²) in [4.78, 5) is 34.3. The zero-order valence-electron chi connectivity index (χ0n) is 14.8. The molecule has 6 nitrogen and oxygen atoms in total. The van der Waals surface area contributed by atoms with Gasteiger partial charge in [0, 0.05) is 24.5 Å². The van der Waals surface area contributed by atoms with Gasteiger partial charge in [0.2, 0.25) is 0 Å². The molecule has 7 heteroatoms. The molecule has 1 aliphatic heterocycles. The second-order valence-electron chi connectivity index (χ2n) is 6.72. The molecule has 26 heavy (non-hydrogen) atoms. The van der Waals surface area contributed by atoms with Gasteiger partial charge in [0.1, 0.15) is 5.69 Å². The molecule has 1 fully saturated rings. The van der Waals surface area contributed by atoms with Crippen molar-refractivity contribution >= 4 is 28.3 Å². The molecule has 1 amide bonds. The van der Waals surface area contributed by atoms with Crippen LogP contribution in [0.5, 0.6) is 0 Å². The number of imidazole rings is 1. The number of piperidine rings is 1. The highest BCUT2D eigenvalue weighted by Crippen LogP contribution is 2.26. The maximum atomic E-state index is 12.7. The highest BCUT2D eigenvalue weighted by Gasteiger charge is 2.27. The number of fused-ring (bicyclic) bond motifs is 1. The smallest absolute Gasteiger partial charge is 0.326 e. The summed E-state index contributed by atoms with van der Waals surface area (Å²) < 4.78 is 1.85. The molecule has 1 aromatic carbocycles. The van der Waals surface area contributed by atoms with Crippen molar-refractivity contribution in [2.45, 2.75) is 38.6 Å². The van der Waals surface area contributed by atoms with Crippen molar-refractivity contribution in [2.24, 2.45) is 0 Å². The fourth-order valence-corrected chi connectivity index (χ4v) is 4.54. The quantitative estimate of drug-likeness (QED) is 0.766. The van der Waals surface area contributed by atoms with E-state index < -0.39 is 0 Å². The standard InChI is InChI=1S/C19H22N4O2S/c1-2-5-17-20-15(12-26-17)18(24)22-10-8-13(9-11-22)23-16-7-4-3-6-14(16)21-19(23)25/h3-4,6-7,12-13H,2,5,8-11H2,1H3,(H,21,25). The first kappa shape index (κ1) is 17.0. The van der Waals surface area contributed by atoms with E-state index in [0.717, 1.165) is 41.7 Å². The lowest BCUT2D eigenvalue weighted by molar-refractivity contribution is 0.0689. The zero-order chi connectivity index (χ0) is 18.1. The average molecular weight is 370 g/mol. The largest absolute Gasteiger partial charge is 0.337 e. The summed E-state index contributed by atoms with van der Waals surface area (Å²) in [6.45, 7) is 3.41. The van der Waals surface area contributed by atoms with Gasteiger partial charge in [-0.05, 0) is 37.8 Å². The third-order valence-corrected chi connectivity index (χ3v) is 5.88. The first-order valence-electron chi connectivity index (χ1n) is 9.10. The van der Waals surface area contributed by atoms with Crippen molar-refractivity contribution < 1.29 is 4.79 Å². The van der Waals surface area contributed by atoms with Gasteiger partial charge in [0.15, 0.2) is 0 Å². The molecule has 3 aromatic rings. The van der Waals surface area contributed by atoms with E-state index in [2.05, 4.69) is 16.9 Å². The number of aryl methyl sites for hydroxylation is 1. The Morgan fingerprint density at radius 1 is 1.31 bits per heavy atom. The van der Waals surface area contributed by atoms with Crippen molar-refractivity contribution in [3.8, 4) is 0 Å². The molecule has 0 aliphatic carbocycles. The molecule has 0 atom stereocenters.